The van der Waals surface area contributed by atoms with Crippen LogP contribution < -0.4 is 10.2 Å². The van der Waals surface area contributed by atoms with Crippen LogP contribution in [0.4, 0.5) is 10.8 Å². The molecule has 154 valence electrons. The van der Waals surface area contributed by atoms with Gasteiger partial charge in [0.15, 0.2) is 5.13 Å². The maximum atomic E-state index is 12.6. The van der Waals surface area contributed by atoms with Crippen molar-refractivity contribution in [2.75, 3.05) is 16.8 Å². The molecular weight excluding hydrogens is 400 g/mol. The third-order valence-electron chi connectivity index (χ3n) is 4.45. The summed E-state index contributed by atoms with van der Waals surface area (Å²) < 4.78 is 5.53. The number of para-hydroxylation sites is 1. The number of furan rings is 1. The largest absolute Gasteiger partial charge is 0.466 e. The Bertz CT molecular complexity index is 1070. The van der Waals surface area contributed by atoms with E-state index in [1.54, 1.807) is 4.90 Å². The fourth-order valence-corrected chi connectivity index (χ4v) is 3.77. The summed E-state index contributed by atoms with van der Waals surface area (Å²) in [5, 5.41) is 14.0. The van der Waals surface area contributed by atoms with Crippen LogP contribution in [-0.4, -0.2) is 23.3 Å². The van der Waals surface area contributed by atoms with Crippen molar-refractivity contribution < 1.29 is 14.0 Å². The summed E-state index contributed by atoms with van der Waals surface area (Å²) in [6, 6.07) is 13.1. The van der Waals surface area contributed by atoms with E-state index in [1.165, 1.54) is 11.3 Å². The number of carbonyl (C=O) groups is 2. The highest BCUT2D eigenvalue weighted by molar-refractivity contribution is 7.14. The van der Waals surface area contributed by atoms with Gasteiger partial charge < -0.3 is 14.6 Å². The summed E-state index contributed by atoms with van der Waals surface area (Å²) >= 11 is 1.32. The normalized spacial score (nSPS) is 10.4. The molecule has 0 atom stereocenters. The molecule has 0 spiro atoms. The third-order valence-corrected chi connectivity index (χ3v) is 5.21. The average Bonchev–Trinajstić information content (AvgIpc) is 3.32. The predicted octanol–water partition coefficient (Wildman–Crippen LogP) is 4.69. The second-order valence-electron chi connectivity index (χ2n) is 6.70. The van der Waals surface area contributed by atoms with E-state index in [-0.39, 0.29) is 31.1 Å². The topological polar surface area (TPSA) is 99.2 Å². The molecule has 7 nitrogen and oxygen atoms in total. The first kappa shape index (κ1) is 21.3. The minimum atomic E-state index is -0.280. The number of aromatic nitrogens is 1. The van der Waals surface area contributed by atoms with Crippen molar-refractivity contribution in [3.63, 3.8) is 0 Å². The molecule has 3 aromatic rings. The van der Waals surface area contributed by atoms with E-state index in [2.05, 4.69) is 16.4 Å². The van der Waals surface area contributed by atoms with E-state index >= 15 is 0 Å². The average molecular weight is 423 g/mol. The SMILES string of the molecule is Cc1cc(-c2csc(NC(=O)CCC(=O)N(CCC#N)c3ccccc3)n2)c(C)o1. The van der Waals surface area contributed by atoms with Crippen LogP contribution in [0, 0.1) is 25.2 Å². The number of anilines is 2. The van der Waals surface area contributed by atoms with Gasteiger partial charge in [0.25, 0.3) is 0 Å². The molecule has 1 aromatic carbocycles. The Balaban J connectivity index is 1.58. The number of nitrogens with zero attached hydrogens (tertiary/aromatic N) is 3. The molecule has 0 aliphatic heterocycles. The van der Waals surface area contributed by atoms with Crippen molar-refractivity contribution in [2.45, 2.75) is 33.1 Å². The van der Waals surface area contributed by atoms with Crippen LogP contribution in [-0.2, 0) is 9.59 Å². The Kier molecular flexibility index (Phi) is 6.99. The number of carbonyl (C=O) groups excluding carboxylic acids is 2. The van der Waals surface area contributed by atoms with Crippen LogP contribution in [0.5, 0.6) is 0 Å². The molecule has 0 fully saturated rings. The predicted molar refractivity (Wildman–Crippen MR) is 116 cm³/mol. The fraction of sp³-hybridized carbons (Fsp3) is 0.273. The fourth-order valence-electron chi connectivity index (χ4n) is 3.04. The van der Waals surface area contributed by atoms with Gasteiger partial charge in [-0.2, -0.15) is 5.26 Å². The maximum Gasteiger partial charge on any atom is 0.227 e. The highest BCUT2D eigenvalue weighted by atomic mass is 32.1. The minimum absolute atomic E-state index is 0.0352. The van der Waals surface area contributed by atoms with Gasteiger partial charge in [-0.1, -0.05) is 18.2 Å². The molecule has 0 bridgehead atoms. The van der Waals surface area contributed by atoms with Gasteiger partial charge in [-0.3, -0.25) is 9.59 Å². The molecule has 0 unspecified atom stereocenters. The summed E-state index contributed by atoms with van der Waals surface area (Å²) in [5.74, 6) is 1.10. The van der Waals surface area contributed by atoms with E-state index in [0.717, 1.165) is 22.8 Å². The Hall–Kier alpha value is -3.44. The zero-order valence-electron chi connectivity index (χ0n) is 16.8. The lowest BCUT2D eigenvalue weighted by Gasteiger charge is -2.21. The highest BCUT2D eigenvalue weighted by Gasteiger charge is 2.18. The summed E-state index contributed by atoms with van der Waals surface area (Å²) in [5.41, 5.74) is 2.36. The van der Waals surface area contributed by atoms with Crippen molar-refractivity contribution in [3.8, 4) is 17.3 Å². The van der Waals surface area contributed by atoms with Crippen LogP contribution in [0.25, 0.3) is 11.3 Å². The Morgan fingerprint density at radius 2 is 2.00 bits per heavy atom. The van der Waals surface area contributed by atoms with Crippen LogP contribution >= 0.6 is 11.3 Å². The molecule has 0 radical (unpaired) electrons. The van der Waals surface area contributed by atoms with Crippen LogP contribution in [0.3, 0.4) is 0 Å². The first-order valence-corrected chi connectivity index (χ1v) is 10.4. The first-order chi connectivity index (χ1) is 14.5. The summed E-state index contributed by atoms with van der Waals surface area (Å²) in [6.45, 7) is 4.04. The van der Waals surface area contributed by atoms with Gasteiger partial charge >= 0.3 is 0 Å². The molecular formula is C22H22N4O3S. The highest BCUT2D eigenvalue weighted by Crippen LogP contribution is 2.29. The molecule has 1 N–H and O–H groups in total. The van der Waals surface area contributed by atoms with Gasteiger partial charge in [-0.15, -0.1) is 11.3 Å². The Morgan fingerprint density at radius 1 is 1.23 bits per heavy atom. The molecule has 2 amide bonds. The molecule has 30 heavy (non-hydrogen) atoms. The number of nitrogens with one attached hydrogen (secondary N) is 1. The van der Waals surface area contributed by atoms with Gasteiger partial charge in [0, 0.05) is 36.0 Å². The number of hydrogen-bond donors (Lipinski definition) is 1. The number of nitriles is 1. The Morgan fingerprint density at radius 3 is 2.67 bits per heavy atom. The summed E-state index contributed by atoms with van der Waals surface area (Å²) in [4.78, 5) is 31.0. The zero-order chi connectivity index (χ0) is 21.5. The van der Waals surface area contributed by atoms with Gasteiger partial charge in [0.1, 0.15) is 11.5 Å². The zero-order valence-corrected chi connectivity index (χ0v) is 17.7. The standard InChI is InChI=1S/C22H22N4O3S/c1-15-13-18(16(2)29-15)19-14-30-22(24-19)25-20(27)9-10-21(28)26(12-6-11-23)17-7-4-3-5-8-17/h3-5,7-8,13-14H,6,9-10,12H2,1-2H3,(H,24,25,27). The lowest BCUT2D eigenvalue weighted by molar-refractivity contribution is -0.122. The van der Waals surface area contributed by atoms with E-state index in [1.807, 2.05) is 55.6 Å². The van der Waals surface area contributed by atoms with Gasteiger partial charge in [-0.05, 0) is 32.0 Å². The van der Waals surface area contributed by atoms with Crippen molar-refractivity contribution in [1.29, 1.82) is 5.26 Å². The van der Waals surface area contributed by atoms with Crippen molar-refractivity contribution in [3.05, 3.63) is 53.3 Å². The lowest BCUT2D eigenvalue weighted by atomic mass is 10.2. The minimum Gasteiger partial charge on any atom is -0.466 e. The van der Waals surface area contributed by atoms with E-state index in [4.69, 9.17) is 9.68 Å². The van der Waals surface area contributed by atoms with Crippen LogP contribution in [0.1, 0.15) is 30.8 Å². The molecule has 2 heterocycles. The number of thiazole rings is 1. The molecule has 2 aromatic heterocycles. The lowest BCUT2D eigenvalue weighted by Crippen LogP contribution is -2.32. The van der Waals surface area contributed by atoms with Crippen LogP contribution in [0.15, 0.2) is 46.2 Å². The molecule has 0 saturated heterocycles. The number of benzene rings is 1. The van der Waals surface area contributed by atoms with Crippen molar-refractivity contribution in [2.24, 2.45) is 0 Å². The smallest absolute Gasteiger partial charge is 0.227 e. The summed E-state index contributed by atoms with van der Waals surface area (Å²) in [7, 11) is 0. The van der Waals surface area contributed by atoms with Crippen molar-refractivity contribution in [1.82, 2.24) is 4.98 Å². The molecule has 0 aliphatic carbocycles. The third kappa shape index (κ3) is 5.33. The van der Waals surface area contributed by atoms with E-state index < -0.39 is 0 Å². The van der Waals surface area contributed by atoms with Gasteiger partial charge in [0.2, 0.25) is 11.8 Å². The number of amides is 2. The quantitative estimate of drug-likeness (QED) is 0.568. The number of aryl methyl sites for hydroxylation is 2. The van der Waals surface area contributed by atoms with Gasteiger partial charge in [0.05, 0.1) is 18.2 Å². The number of rotatable bonds is 8. The second-order valence-corrected chi connectivity index (χ2v) is 7.56. The molecule has 0 aliphatic rings. The monoisotopic (exact) mass is 422 g/mol. The van der Waals surface area contributed by atoms with E-state index in [9.17, 15) is 9.59 Å². The van der Waals surface area contributed by atoms with Gasteiger partial charge in [-0.25, -0.2) is 4.98 Å². The van der Waals surface area contributed by atoms with E-state index in [0.29, 0.717) is 17.4 Å². The molecule has 8 heteroatoms. The molecule has 0 saturated carbocycles. The maximum absolute atomic E-state index is 12.6. The Labute approximate surface area is 179 Å². The van der Waals surface area contributed by atoms with Crippen molar-refractivity contribution >= 4 is 34.0 Å². The first-order valence-electron chi connectivity index (χ1n) is 9.53. The molecule has 3 rings (SSSR count). The summed E-state index contributed by atoms with van der Waals surface area (Å²) in [6.07, 6.45) is 0.305. The second kappa shape index (κ2) is 9.85. The van der Waals surface area contributed by atoms with Crippen LogP contribution in [0.2, 0.25) is 0 Å². The number of hydrogen-bond acceptors (Lipinski definition) is 6.